The molecule has 0 aromatic rings. The summed E-state index contributed by atoms with van der Waals surface area (Å²) in [5.41, 5.74) is 0.778. The molecule has 10 heavy (non-hydrogen) atoms. The Labute approximate surface area is 61.5 Å². The minimum Gasteiger partial charge on any atom is -0.393 e. The van der Waals surface area contributed by atoms with Gasteiger partial charge in [0.15, 0.2) is 0 Å². The SMILES string of the molecule is C/C=C\C=C(\C)C(O)CO. The first-order chi connectivity index (χ1) is 4.72. The highest BCUT2D eigenvalue weighted by Gasteiger charge is 2.00. The highest BCUT2D eigenvalue weighted by atomic mass is 16.3. The van der Waals surface area contributed by atoms with Gasteiger partial charge in [-0.05, 0) is 19.4 Å². The molecule has 2 heteroatoms. The molecule has 0 amide bonds. The van der Waals surface area contributed by atoms with Crippen molar-refractivity contribution < 1.29 is 10.2 Å². The summed E-state index contributed by atoms with van der Waals surface area (Å²) < 4.78 is 0. The van der Waals surface area contributed by atoms with Gasteiger partial charge in [0.2, 0.25) is 0 Å². The van der Waals surface area contributed by atoms with E-state index < -0.39 is 6.10 Å². The lowest BCUT2D eigenvalue weighted by atomic mass is 10.1. The smallest absolute Gasteiger partial charge is 0.0981 e. The third-order valence-corrected chi connectivity index (χ3v) is 1.25. The van der Waals surface area contributed by atoms with Crippen molar-refractivity contribution in [2.45, 2.75) is 20.0 Å². The van der Waals surface area contributed by atoms with Gasteiger partial charge < -0.3 is 10.2 Å². The maximum Gasteiger partial charge on any atom is 0.0981 e. The van der Waals surface area contributed by atoms with E-state index in [-0.39, 0.29) is 6.61 Å². The van der Waals surface area contributed by atoms with Crippen LogP contribution in [0, 0.1) is 0 Å². The van der Waals surface area contributed by atoms with Crippen LogP contribution in [0.4, 0.5) is 0 Å². The maximum atomic E-state index is 9.00. The number of rotatable bonds is 3. The Morgan fingerprint density at radius 2 is 2.20 bits per heavy atom. The Morgan fingerprint density at radius 3 is 2.60 bits per heavy atom. The van der Waals surface area contributed by atoms with E-state index in [1.807, 2.05) is 19.1 Å². The van der Waals surface area contributed by atoms with E-state index in [9.17, 15) is 0 Å². The lowest BCUT2D eigenvalue weighted by Gasteiger charge is -2.04. The fourth-order valence-electron chi connectivity index (χ4n) is 0.503. The zero-order valence-electron chi connectivity index (χ0n) is 6.41. The van der Waals surface area contributed by atoms with Crippen LogP contribution in [0.3, 0.4) is 0 Å². The maximum absolute atomic E-state index is 9.00. The zero-order valence-corrected chi connectivity index (χ0v) is 6.41. The first-order valence-corrected chi connectivity index (χ1v) is 3.30. The molecule has 0 saturated heterocycles. The quantitative estimate of drug-likeness (QED) is 0.574. The normalized spacial score (nSPS) is 16.2. The second-order valence-corrected chi connectivity index (χ2v) is 2.13. The van der Waals surface area contributed by atoms with Gasteiger partial charge in [-0.3, -0.25) is 0 Å². The van der Waals surface area contributed by atoms with E-state index >= 15 is 0 Å². The molecule has 58 valence electrons. The lowest BCUT2D eigenvalue weighted by molar-refractivity contribution is 0.122. The first-order valence-electron chi connectivity index (χ1n) is 3.30. The highest BCUT2D eigenvalue weighted by Crippen LogP contribution is 1.99. The number of hydrogen-bond acceptors (Lipinski definition) is 2. The van der Waals surface area contributed by atoms with Crippen molar-refractivity contribution in [3.8, 4) is 0 Å². The van der Waals surface area contributed by atoms with Crippen LogP contribution in [0.25, 0.3) is 0 Å². The highest BCUT2D eigenvalue weighted by molar-refractivity contribution is 5.13. The summed E-state index contributed by atoms with van der Waals surface area (Å²) in [6.07, 6.45) is 4.76. The van der Waals surface area contributed by atoms with Crippen LogP contribution in [-0.2, 0) is 0 Å². The summed E-state index contributed by atoms with van der Waals surface area (Å²) in [7, 11) is 0. The molecule has 0 fully saturated rings. The van der Waals surface area contributed by atoms with Crippen LogP contribution in [0.5, 0.6) is 0 Å². The van der Waals surface area contributed by atoms with E-state index in [0.717, 1.165) is 5.57 Å². The van der Waals surface area contributed by atoms with E-state index in [2.05, 4.69) is 0 Å². The third-order valence-electron chi connectivity index (χ3n) is 1.25. The number of aliphatic hydroxyl groups is 2. The molecular weight excluding hydrogens is 128 g/mol. The summed E-state index contributed by atoms with van der Waals surface area (Å²) in [4.78, 5) is 0. The molecule has 0 rings (SSSR count). The van der Waals surface area contributed by atoms with E-state index in [0.29, 0.717) is 0 Å². The second kappa shape index (κ2) is 5.21. The van der Waals surface area contributed by atoms with Crippen molar-refractivity contribution in [3.05, 3.63) is 23.8 Å². The molecule has 1 atom stereocenters. The van der Waals surface area contributed by atoms with E-state index in [1.165, 1.54) is 0 Å². The van der Waals surface area contributed by atoms with Crippen molar-refractivity contribution >= 4 is 0 Å². The molecule has 0 aliphatic carbocycles. The monoisotopic (exact) mass is 142 g/mol. The average Bonchev–Trinajstić information content (AvgIpc) is 1.98. The van der Waals surface area contributed by atoms with Crippen molar-refractivity contribution in [2.24, 2.45) is 0 Å². The van der Waals surface area contributed by atoms with Gasteiger partial charge in [-0.2, -0.15) is 0 Å². The van der Waals surface area contributed by atoms with Crippen LogP contribution in [0.1, 0.15) is 13.8 Å². The summed E-state index contributed by atoms with van der Waals surface area (Å²) in [5.74, 6) is 0. The van der Waals surface area contributed by atoms with Crippen molar-refractivity contribution in [3.63, 3.8) is 0 Å². The van der Waals surface area contributed by atoms with Gasteiger partial charge in [-0.1, -0.05) is 18.2 Å². The van der Waals surface area contributed by atoms with Crippen LogP contribution in [-0.4, -0.2) is 22.9 Å². The standard InChI is InChI=1S/C8H14O2/c1-3-4-5-7(2)8(10)6-9/h3-5,8-10H,6H2,1-2H3/b4-3-,7-5-. The number of hydrogen-bond donors (Lipinski definition) is 2. The van der Waals surface area contributed by atoms with E-state index in [4.69, 9.17) is 10.2 Å². The molecule has 0 aromatic heterocycles. The molecule has 1 unspecified atom stereocenters. The predicted molar refractivity (Wildman–Crippen MR) is 41.7 cm³/mol. The third kappa shape index (κ3) is 3.43. The Kier molecular flexibility index (Phi) is 4.89. The topological polar surface area (TPSA) is 40.5 Å². The average molecular weight is 142 g/mol. The molecule has 0 bridgehead atoms. The van der Waals surface area contributed by atoms with Crippen molar-refractivity contribution in [2.75, 3.05) is 6.61 Å². The van der Waals surface area contributed by atoms with Gasteiger partial charge >= 0.3 is 0 Å². The Hall–Kier alpha value is -0.600. The molecule has 0 heterocycles. The molecule has 0 radical (unpaired) electrons. The van der Waals surface area contributed by atoms with Crippen molar-refractivity contribution in [1.29, 1.82) is 0 Å². The molecule has 2 N–H and O–H groups in total. The van der Waals surface area contributed by atoms with Gasteiger partial charge in [-0.15, -0.1) is 0 Å². The van der Waals surface area contributed by atoms with Gasteiger partial charge in [0.05, 0.1) is 12.7 Å². The molecule has 0 aliphatic heterocycles. The fourth-order valence-corrected chi connectivity index (χ4v) is 0.503. The molecule has 0 aromatic carbocycles. The van der Waals surface area contributed by atoms with Gasteiger partial charge in [0.25, 0.3) is 0 Å². The van der Waals surface area contributed by atoms with Crippen LogP contribution in [0.2, 0.25) is 0 Å². The van der Waals surface area contributed by atoms with Gasteiger partial charge in [0, 0.05) is 0 Å². The summed E-state index contributed by atoms with van der Waals surface area (Å²) in [6, 6.07) is 0. The van der Waals surface area contributed by atoms with Crippen LogP contribution < -0.4 is 0 Å². The minimum atomic E-state index is -0.712. The minimum absolute atomic E-state index is 0.208. The van der Waals surface area contributed by atoms with Crippen LogP contribution >= 0.6 is 0 Å². The molecule has 0 saturated carbocycles. The van der Waals surface area contributed by atoms with Crippen LogP contribution in [0.15, 0.2) is 23.8 Å². The number of allylic oxidation sites excluding steroid dienone is 3. The van der Waals surface area contributed by atoms with Gasteiger partial charge in [-0.25, -0.2) is 0 Å². The zero-order chi connectivity index (χ0) is 7.98. The Balaban J connectivity index is 3.91. The summed E-state index contributed by atoms with van der Waals surface area (Å²) >= 11 is 0. The first kappa shape index (κ1) is 9.40. The Morgan fingerprint density at radius 1 is 1.60 bits per heavy atom. The van der Waals surface area contributed by atoms with Gasteiger partial charge in [0.1, 0.15) is 0 Å². The predicted octanol–water partition coefficient (Wildman–Crippen LogP) is 0.862. The van der Waals surface area contributed by atoms with Crippen molar-refractivity contribution in [1.82, 2.24) is 0 Å². The number of aliphatic hydroxyl groups excluding tert-OH is 2. The molecule has 2 nitrogen and oxygen atoms in total. The second-order valence-electron chi connectivity index (χ2n) is 2.13. The largest absolute Gasteiger partial charge is 0.393 e. The Bertz CT molecular complexity index is 136. The van der Waals surface area contributed by atoms with E-state index in [1.54, 1.807) is 13.0 Å². The summed E-state index contributed by atoms with van der Waals surface area (Å²) in [6.45, 7) is 3.47. The lowest BCUT2D eigenvalue weighted by Crippen LogP contribution is -2.12. The molecule has 0 spiro atoms. The molecular formula is C8H14O2. The molecule has 0 aliphatic rings. The fraction of sp³-hybridized carbons (Fsp3) is 0.500. The summed E-state index contributed by atoms with van der Waals surface area (Å²) in [5, 5.41) is 17.5.